The Labute approximate surface area is 124 Å². The quantitative estimate of drug-likeness (QED) is 0.848. The maximum Gasteiger partial charge on any atom is 0.223 e. The molecule has 1 fully saturated rings. The first-order valence-electron chi connectivity index (χ1n) is 6.89. The van der Waals surface area contributed by atoms with Gasteiger partial charge in [0.15, 0.2) is 11.5 Å². The van der Waals surface area contributed by atoms with Crippen molar-refractivity contribution in [3.05, 3.63) is 17.7 Å². The van der Waals surface area contributed by atoms with Crippen LogP contribution in [0, 0.1) is 5.92 Å². The third kappa shape index (κ3) is 3.21. The molecule has 0 spiro atoms. The predicted molar refractivity (Wildman–Crippen MR) is 78.7 cm³/mol. The van der Waals surface area contributed by atoms with Gasteiger partial charge in [-0.25, -0.2) is 0 Å². The fourth-order valence-corrected chi connectivity index (χ4v) is 2.61. The van der Waals surface area contributed by atoms with Crippen LogP contribution in [0.25, 0.3) is 0 Å². The Balaban J connectivity index is 2.22. The first kappa shape index (κ1) is 15.4. The Hall–Kier alpha value is -1.95. The van der Waals surface area contributed by atoms with Gasteiger partial charge >= 0.3 is 0 Å². The highest BCUT2D eigenvalue weighted by Crippen LogP contribution is 2.38. The summed E-state index contributed by atoms with van der Waals surface area (Å²) in [6.45, 7) is 1.76. The number of carbonyl (C=O) groups excluding carboxylic acids is 1. The number of benzene rings is 1. The lowest BCUT2D eigenvalue weighted by molar-refractivity contribution is -0.128. The summed E-state index contributed by atoms with van der Waals surface area (Å²) in [6.07, 6.45) is 0.529. The molecule has 2 rings (SSSR count). The highest BCUT2D eigenvalue weighted by Gasteiger charge is 2.28. The van der Waals surface area contributed by atoms with E-state index in [0.717, 1.165) is 5.56 Å². The van der Waals surface area contributed by atoms with E-state index < -0.39 is 0 Å². The Kier molecular flexibility index (Phi) is 4.90. The van der Waals surface area contributed by atoms with Crippen LogP contribution >= 0.6 is 0 Å². The van der Waals surface area contributed by atoms with Crippen molar-refractivity contribution >= 4 is 5.91 Å². The van der Waals surface area contributed by atoms with Gasteiger partial charge in [-0.05, 0) is 30.2 Å². The molecule has 21 heavy (non-hydrogen) atoms. The van der Waals surface area contributed by atoms with Gasteiger partial charge in [0.05, 0.1) is 21.3 Å². The zero-order valence-corrected chi connectivity index (χ0v) is 12.7. The van der Waals surface area contributed by atoms with Crippen LogP contribution in [0.15, 0.2) is 12.1 Å². The van der Waals surface area contributed by atoms with Crippen molar-refractivity contribution in [2.45, 2.75) is 13.0 Å². The number of ether oxygens (including phenoxy) is 3. The number of rotatable bonds is 6. The van der Waals surface area contributed by atoms with Gasteiger partial charge in [0.1, 0.15) is 0 Å². The molecule has 1 atom stereocenters. The number of carbonyl (C=O) groups is 1. The molecular formula is C15H22N2O4. The van der Waals surface area contributed by atoms with E-state index in [0.29, 0.717) is 43.3 Å². The van der Waals surface area contributed by atoms with Gasteiger partial charge < -0.3 is 24.8 Å². The van der Waals surface area contributed by atoms with Gasteiger partial charge in [0, 0.05) is 19.5 Å². The molecule has 1 aliphatic heterocycles. The summed E-state index contributed by atoms with van der Waals surface area (Å²) in [4.78, 5) is 13.8. The molecule has 0 bridgehead atoms. The van der Waals surface area contributed by atoms with Gasteiger partial charge in [0.2, 0.25) is 11.7 Å². The van der Waals surface area contributed by atoms with Crippen molar-refractivity contribution in [2.24, 2.45) is 11.7 Å². The molecule has 116 valence electrons. The minimum absolute atomic E-state index is 0.138. The third-order valence-electron chi connectivity index (χ3n) is 3.73. The molecule has 1 aromatic carbocycles. The van der Waals surface area contributed by atoms with Crippen LogP contribution in [-0.4, -0.2) is 45.2 Å². The van der Waals surface area contributed by atoms with Crippen molar-refractivity contribution in [1.29, 1.82) is 0 Å². The van der Waals surface area contributed by atoms with Gasteiger partial charge in [0.25, 0.3) is 0 Å². The fraction of sp³-hybridized carbons (Fsp3) is 0.533. The van der Waals surface area contributed by atoms with E-state index in [2.05, 4.69) is 0 Å². The summed E-state index contributed by atoms with van der Waals surface area (Å²) in [6, 6.07) is 3.73. The van der Waals surface area contributed by atoms with Crippen LogP contribution < -0.4 is 19.9 Å². The molecule has 1 aromatic rings. The second kappa shape index (κ2) is 6.67. The van der Waals surface area contributed by atoms with Crippen LogP contribution in [0.4, 0.5) is 0 Å². The number of methoxy groups -OCH3 is 3. The monoisotopic (exact) mass is 294 g/mol. The number of amides is 1. The van der Waals surface area contributed by atoms with Crippen LogP contribution in [0.5, 0.6) is 17.2 Å². The lowest BCUT2D eigenvalue weighted by Crippen LogP contribution is -2.25. The average Bonchev–Trinajstić information content (AvgIpc) is 2.86. The number of nitrogens with zero attached hydrogens (tertiary/aromatic N) is 1. The average molecular weight is 294 g/mol. The predicted octanol–water partition coefficient (Wildman–Crippen LogP) is 1.02. The van der Waals surface area contributed by atoms with Crippen LogP contribution in [0.3, 0.4) is 0 Å². The van der Waals surface area contributed by atoms with Crippen LogP contribution in [-0.2, 0) is 11.3 Å². The molecule has 0 aromatic heterocycles. The molecule has 0 radical (unpaired) electrons. The van der Waals surface area contributed by atoms with Crippen molar-refractivity contribution in [3.8, 4) is 17.2 Å². The molecule has 1 amide bonds. The van der Waals surface area contributed by atoms with E-state index in [1.807, 2.05) is 17.0 Å². The fourth-order valence-electron chi connectivity index (χ4n) is 2.61. The maximum atomic E-state index is 12.0. The minimum Gasteiger partial charge on any atom is -0.493 e. The van der Waals surface area contributed by atoms with E-state index in [-0.39, 0.29) is 11.8 Å². The minimum atomic E-state index is 0.138. The van der Waals surface area contributed by atoms with Gasteiger partial charge in [-0.1, -0.05) is 0 Å². The summed E-state index contributed by atoms with van der Waals surface area (Å²) in [7, 11) is 4.72. The van der Waals surface area contributed by atoms with Crippen molar-refractivity contribution < 1.29 is 19.0 Å². The van der Waals surface area contributed by atoms with Crippen molar-refractivity contribution in [1.82, 2.24) is 4.90 Å². The molecule has 1 heterocycles. The number of hydrogen-bond donors (Lipinski definition) is 1. The molecule has 0 saturated carbocycles. The molecule has 2 N–H and O–H groups in total. The smallest absolute Gasteiger partial charge is 0.223 e. The van der Waals surface area contributed by atoms with E-state index >= 15 is 0 Å². The first-order valence-corrected chi connectivity index (χ1v) is 6.89. The normalized spacial score (nSPS) is 18.0. The van der Waals surface area contributed by atoms with Gasteiger partial charge in [-0.2, -0.15) is 0 Å². The number of likely N-dealkylation sites (tertiary alicyclic amines) is 1. The largest absolute Gasteiger partial charge is 0.493 e. The number of nitrogens with two attached hydrogens (primary N) is 1. The number of hydrogen-bond acceptors (Lipinski definition) is 5. The Morgan fingerprint density at radius 2 is 1.81 bits per heavy atom. The van der Waals surface area contributed by atoms with Crippen LogP contribution in [0.2, 0.25) is 0 Å². The highest BCUT2D eigenvalue weighted by molar-refractivity contribution is 5.78. The Morgan fingerprint density at radius 3 is 2.24 bits per heavy atom. The van der Waals surface area contributed by atoms with E-state index in [1.54, 1.807) is 21.3 Å². The van der Waals surface area contributed by atoms with Crippen molar-refractivity contribution in [3.63, 3.8) is 0 Å². The topological polar surface area (TPSA) is 74.0 Å². The Morgan fingerprint density at radius 1 is 1.19 bits per heavy atom. The van der Waals surface area contributed by atoms with E-state index in [4.69, 9.17) is 19.9 Å². The van der Waals surface area contributed by atoms with Gasteiger partial charge in [-0.15, -0.1) is 0 Å². The molecule has 1 unspecified atom stereocenters. The summed E-state index contributed by atoms with van der Waals surface area (Å²) >= 11 is 0. The third-order valence-corrected chi connectivity index (χ3v) is 3.73. The first-order chi connectivity index (χ1) is 10.1. The molecule has 6 heteroatoms. The lowest BCUT2D eigenvalue weighted by Gasteiger charge is -2.19. The standard InChI is InChI=1S/C15H22N2O4/c1-19-12-4-10(5-13(20-2)15(12)21-3)8-17-9-11(7-16)6-14(17)18/h4-5,11H,6-9,16H2,1-3H3. The van der Waals surface area contributed by atoms with E-state index in [9.17, 15) is 4.79 Å². The lowest BCUT2D eigenvalue weighted by atomic mass is 10.1. The SMILES string of the molecule is COc1cc(CN2CC(CN)CC2=O)cc(OC)c1OC. The highest BCUT2D eigenvalue weighted by atomic mass is 16.5. The second-order valence-electron chi connectivity index (χ2n) is 5.11. The summed E-state index contributed by atoms with van der Waals surface area (Å²) in [5.74, 6) is 2.12. The Bertz CT molecular complexity index is 493. The molecule has 0 aliphatic carbocycles. The molecule has 1 saturated heterocycles. The zero-order valence-electron chi connectivity index (χ0n) is 12.7. The summed E-state index contributed by atoms with van der Waals surface area (Å²) in [5.41, 5.74) is 6.59. The zero-order chi connectivity index (χ0) is 15.4. The summed E-state index contributed by atoms with van der Waals surface area (Å²) in [5, 5.41) is 0. The van der Waals surface area contributed by atoms with Crippen molar-refractivity contribution in [2.75, 3.05) is 34.4 Å². The molecule has 6 nitrogen and oxygen atoms in total. The molecule has 1 aliphatic rings. The van der Waals surface area contributed by atoms with E-state index in [1.165, 1.54) is 0 Å². The maximum absolute atomic E-state index is 12.0. The molecular weight excluding hydrogens is 272 g/mol. The second-order valence-corrected chi connectivity index (χ2v) is 5.11. The summed E-state index contributed by atoms with van der Waals surface area (Å²) < 4.78 is 15.9. The van der Waals surface area contributed by atoms with Crippen LogP contribution in [0.1, 0.15) is 12.0 Å². The van der Waals surface area contributed by atoms with Gasteiger partial charge in [-0.3, -0.25) is 4.79 Å².